The van der Waals surface area contributed by atoms with Gasteiger partial charge in [-0.1, -0.05) is 54.6 Å². The normalized spacial score (nSPS) is 12.1. The molecular formula is C36H20FNO2. The van der Waals surface area contributed by atoms with Gasteiger partial charge < -0.3 is 13.4 Å². The van der Waals surface area contributed by atoms with E-state index in [9.17, 15) is 4.39 Å². The number of hydrogen-bond donors (Lipinski definition) is 0. The van der Waals surface area contributed by atoms with Crippen molar-refractivity contribution in [2.24, 2.45) is 0 Å². The average molecular weight is 518 g/mol. The third kappa shape index (κ3) is 2.93. The number of para-hydroxylation sites is 2. The van der Waals surface area contributed by atoms with Crippen molar-refractivity contribution in [1.29, 1.82) is 0 Å². The van der Waals surface area contributed by atoms with Crippen LogP contribution in [-0.2, 0) is 0 Å². The molecule has 3 aromatic heterocycles. The van der Waals surface area contributed by atoms with E-state index in [0.717, 1.165) is 44.1 Å². The lowest BCUT2D eigenvalue weighted by molar-refractivity contribution is 0.634. The monoisotopic (exact) mass is 517 g/mol. The molecule has 9 rings (SSSR count). The third-order valence-corrected chi connectivity index (χ3v) is 8.07. The molecule has 3 heterocycles. The van der Waals surface area contributed by atoms with Crippen LogP contribution in [0.2, 0.25) is 0 Å². The van der Waals surface area contributed by atoms with E-state index in [1.807, 2.05) is 24.3 Å². The van der Waals surface area contributed by atoms with Gasteiger partial charge in [0.05, 0.1) is 16.4 Å². The lowest BCUT2D eigenvalue weighted by Crippen LogP contribution is -1.93. The highest BCUT2D eigenvalue weighted by atomic mass is 19.1. The summed E-state index contributed by atoms with van der Waals surface area (Å²) in [5.74, 6) is -0.276. The van der Waals surface area contributed by atoms with Gasteiger partial charge in [0.15, 0.2) is 0 Å². The Morgan fingerprint density at radius 1 is 0.450 bits per heavy atom. The molecule has 0 atom stereocenters. The maximum Gasteiger partial charge on any atom is 0.138 e. The van der Waals surface area contributed by atoms with Gasteiger partial charge in [0.25, 0.3) is 0 Å². The molecule has 0 N–H and O–H groups in total. The first-order valence-electron chi connectivity index (χ1n) is 13.3. The summed E-state index contributed by atoms with van der Waals surface area (Å²) in [7, 11) is 0. The summed E-state index contributed by atoms with van der Waals surface area (Å²) in [6.07, 6.45) is 0. The number of nitrogens with zero attached hydrogens (tertiary/aromatic N) is 1. The Balaban J connectivity index is 1.26. The summed E-state index contributed by atoms with van der Waals surface area (Å²) in [5.41, 5.74) is 8.36. The fourth-order valence-electron chi connectivity index (χ4n) is 6.25. The van der Waals surface area contributed by atoms with E-state index in [4.69, 9.17) is 8.83 Å². The summed E-state index contributed by atoms with van der Waals surface area (Å²) < 4.78 is 29.2. The van der Waals surface area contributed by atoms with Gasteiger partial charge in [-0.3, -0.25) is 0 Å². The number of benzene rings is 6. The average Bonchev–Trinajstić information content (AvgIpc) is 3.66. The zero-order chi connectivity index (χ0) is 26.4. The number of fused-ring (bicyclic) bond motifs is 9. The molecule has 6 aromatic carbocycles. The lowest BCUT2D eigenvalue weighted by atomic mass is 10.0. The highest BCUT2D eigenvalue weighted by Crippen LogP contribution is 2.38. The molecule has 0 saturated heterocycles. The summed E-state index contributed by atoms with van der Waals surface area (Å²) in [4.78, 5) is 0. The molecule has 9 aromatic rings. The minimum Gasteiger partial charge on any atom is -0.456 e. The van der Waals surface area contributed by atoms with Gasteiger partial charge in [0.2, 0.25) is 0 Å². The molecule has 40 heavy (non-hydrogen) atoms. The molecule has 0 spiro atoms. The molecule has 0 radical (unpaired) electrons. The van der Waals surface area contributed by atoms with E-state index in [2.05, 4.69) is 83.4 Å². The van der Waals surface area contributed by atoms with E-state index in [0.29, 0.717) is 16.6 Å². The van der Waals surface area contributed by atoms with Crippen LogP contribution in [-0.4, -0.2) is 4.57 Å². The predicted octanol–water partition coefficient (Wildman–Crippen LogP) is 10.4. The SMILES string of the molecule is Fc1cccc2oc3ccc(-c4ccc5oc6ccc(-n7c8ccccc8c8ccccc87)cc6c5c4)cc3c12. The van der Waals surface area contributed by atoms with Crippen LogP contribution in [0.15, 0.2) is 130 Å². The largest absolute Gasteiger partial charge is 0.456 e. The Kier molecular flexibility index (Phi) is 4.23. The van der Waals surface area contributed by atoms with Crippen molar-refractivity contribution in [3.63, 3.8) is 0 Å². The van der Waals surface area contributed by atoms with Crippen molar-refractivity contribution in [2.75, 3.05) is 0 Å². The maximum absolute atomic E-state index is 14.7. The quantitative estimate of drug-likeness (QED) is 0.228. The van der Waals surface area contributed by atoms with E-state index in [-0.39, 0.29) is 5.82 Å². The third-order valence-electron chi connectivity index (χ3n) is 8.07. The minimum atomic E-state index is -0.276. The molecule has 0 aliphatic heterocycles. The van der Waals surface area contributed by atoms with E-state index >= 15 is 0 Å². The van der Waals surface area contributed by atoms with Crippen LogP contribution >= 0.6 is 0 Å². The highest BCUT2D eigenvalue weighted by molar-refractivity contribution is 6.11. The van der Waals surface area contributed by atoms with Gasteiger partial charge in [-0.05, 0) is 77.9 Å². The smallest absolute Gasteiger partial charge is 0.138 e. The minimum absolute atomic E-state index is 0.276. The van der Waals surface area contributed by atoms with Crippen molar-refractivity contribution in [3.8, 4) is 16.8 Å². The first-order valence-corrected chi connectivity index (χ1v) is 13.3. The van der Waals surface area contributed by atoms with Gasteiger partial charge >= 0.3 is 0 Å². The van der Waals surface area contributed by atoms with Gasteiger partial charge in [-0.25, -0.2) is 4.39 Å². The zero-order valence-electron chi connectivity index (χ0n) is 21.2. The second-order valence-electron chi connectivity index (χ2n) is 10.3. The highest BCUT2D eigenvalue weighted by Gasteiger charge is 2.16. The van der Waals surface area contributed by atoms with Crippen LogP contribution in [0.3, 0.4) is 0 Å². The molecular weight excluding hydrogens is 497 g/mol. The van der Waals surface area contributed by atoms with Crippen LogP contribution in [0.5, 0.6) is 0 Å². The van der Waals surface area contributed by atoms with Crippen molar-refractivity contribution in [2.45, 2.75) is 0 Å². The molecule has 4 heteroatoms. The van der Waals surface area contributed by atoms with Gasteiger partial charge in [0, 0.05) is 32.6 Å². The number of rotatable bonds is 2. The molecule has 188 valence electrons. The Morgan fingerprint density at radius 2 is 1.02 bits per heavy atom. The fourth-order valence-corrected chi connectivity index (χ4v) is 6.25. The number of halogens is 1. The molecule has 0 amide bonds. The van der Waals surface area contributed by atoms with Gasteiger partial charge in [0.1, 0.15) is 28.1 Å². The molecule has 0 fully saturated rings. The standard InChI is InChI=1S/C36H20FNO2/c37-29-8-5-11-35-36(29)28-19-22(13-16-34(28)40-35)21-12-15-32-26(18-21)27-20-23(14-17-33(27)39-32)38-30-9-3-1-6-24(30)25-7-2-4-10-31(25)38/h1-20H. The molecule has 0 unspecified atom stereocenters. The number of hydrogen-bond acceptors (Lipinski definition) is 2. The summed E-state index contributed by atoms with van der Waals surface area (Å²) >= 11 is 0. The first kappa shape index (κ1) is 21.6. The Bertz CT molecular complexity index is 2400. The van der Waals surface area contributed by atoms with Crippen molar-refractivity contribution in [3.05, 3.63) is 127 Å². The van der Waals surface area contributed by atoms with Crippen molar-refractivity contribution < 1.29 is 13.2 Å². The second-order valence-corrected chi connectivity index (χ2v) is 10.3. The summed E-state index contributed by atoms with van der Waals surface area (Å²) in [5, 5.41) is 5.85. The Hall–Kier alpha value is -5.35. The second kappa shape index (κ2) is 7.84. The van der Waals surface area contributed by atoms with Crippen molar-refractivity contribution in [1.82, 2.24) is 4.57 Å². The molecule has 3 nitrogen and oxygen atoms in total. The van der Waals surface area contributed by atoms with Crippen LogP contribution in [0, 0.1) is 5.82 Å². The molecule has 0 saturated carbocycles. The van der Waals surface area contributed by atoms with E-state index < -0.39 is 0 Å². The van der Waals surface area contributed by atoms with Crippen LogP contribution in [0.25, 0.3) is 82.5 Å². The van der Waals surface area contributed by atoms with Gasteiger partial charge in [-0.2, -0.15) is 0 Å². The molecule has 0 aliphatic carbocycles. The summed E-state index contributed by atoms with van der Waals surface area (Å²) in [6.45, 7) is 0. The van der Waals surface area contributed by atoms with Crippen LogP contribution in [0.4, 0.5) is 4.39 Å². The van der Waals surface area contributed by atoms with Crippen LogP contribution < -0.4 is 0 Å². The van der Waals surface area contributed by atoms with E-state index in [1.165, 1.54) is 27.9 Å². The van der Waals surface area contributed by atoms with E-state index in [1.54, 1.807) is 12.1 Å². The predicted molar refractivity (Wildman–Crippen MR) is 161 cm³/mol. The lowest BCUT2D eigenvalue weighted by Gasteiger charge is -2.08. The molecule has 0 bridgehead atoms. The maximum atomic E-state index is 14.7. The fraction of sp³-hybridized carbons (Fsp3) is 0. The Morgan fingerprint density at radius 3 is 1.75 bits per heavy atom. The molecule has 0 aliphatic rings. The topological polar surface area (TPSA) is 31.2 Å². The number of aromatic nitrogens is 1. The van der Waals surface area contributed by atoms with Crippen molar-refractivity contribution >= 4 is 65.7 Å². The number of furan rings is 2. The Labute approximate surface area is 227 Å². The summed E-state index contributed by atoms with van der Waals surface area (Å²) in [6, 6.07) is 40.6. The van der Waals surface area contributed by atoms with Crippen LogP contribution in [0.1, 0.15) is 0 Å². The first-order chi connectivity index (χ1) is 19.7. The van der Waals surface area contributed by atoms with Gasteiger partial charge in [-0.15, -0.1) is 0 Å². The zero-order valence-corrected chi connectivity index (χ0v) is 21.2.